The molecule has 1 aliphatic heterocycles. The molecule has 2 nitrogen and oxygen atoms in total. The Bertz CT molecular complexity index is 633. The maximum absolute atomic E-state index is 6.15. The predicted octanol–water partition coefficient (Wildman–Crippen LogP) is 4.41. The highest BCUT2D eigenvalue weighted by Crippen LogP contribution is 2.35. The average Bonchev–Trinajstić information content (AvgIpc) is 2.49. The van der Waals surface area contributed by atoms with E-state index in [1.165, 1.54) is 22.3 Å². The summed E-state index contributed by atoms with van der Waals surface area (Å²) >= 11 is 0. The molecule has 1 N–H and O–H groups in total. The molecule has 2 heteroatoms. The first-order chi connectivity index (χ1) is 9.67. The van der Waals surface area contributed by atoms with Crippen molar-refractivity contribution in [3.8, 4) is 5.75 Å². The third-order valence-electron chi connectivity index (χ3n) is 4.10. The molecule has 1 unspecified atom stereocenters. The van der Waals surface area contributed by atoms with Crippen LogP contribution in [0.2, 0.25) is 0 Å². The van der Waals surface area contributed by atoms with Gasteiger partial charge in [-0.25, -0.2) is 0 Å². The predicted molar refractivity (Wildman–Crippen MR) is 83.6 cm³/mol. The summed E-state index contributed by atoms with van der Waals surface area (Å²) in [5.41, 5.74) is 6.34. The minimum absolute atomic E-state index is 0.0919. The van der Waals surface area contributed by atoms with Crippen LogP contribution in [0.25, 0.3) is 0 Å². The molecule has 20 heavy (non-hydrogen) atoms. The Morgan fingerprint density at radius 1 is 1.10 bits per heavy atom. The van der Waals surface area contributed by atoms with Crippen molar-refractivity contribution in [1.82, 2.24) is 0 Å². The molecule has 0 saturated carbocycles. The molecular formula is C18H21NO. The van der Waals surface area contributed by atoms with Crippen molar-refractivity contribution >= 4 is 5.69 Å². The van der Waals surface area contributed by atoms with Crippen molar-refractivity contribution in [1.29, 1.82) is 0 Å². The molecule has 0 amide bonds. The Labute approximate surface area is 120 Å². The van der Waals surface area contributed by atoms with Gasteiger partial charge in [0.25, 0.3) is 0 Å². The fraction of sp³-hybridized carbons (Fsp3) is 0.333. The second-order valence-corrected chi connectivity index (χ2v) is 5.52. The maximum atomic E-state index is 6.15. The van der Waals surface area contributed by atoms with Crippen LogP contribution in [0, 0.1) is 13.8 Å². The zero-order valence-corrected chi connectivity index (χ0v) is 12.4. The monoisotopic (exact) mass is 267 g/mol. The van der Waals surface area contributed by atoms with Gasteiger partial charge in [-0.05, 0) is 54.7 Å². The Morgan fingerprint density at radius 2 is 1.95 bits per heavy atom. The molecule has 1 aliphatic rings. The van der Waals surface area contributed by atoms with Gasteiger partial charge in [0.2, 0.25) is 0 Å². The molecule has 1 atom stereocenters. The third-order valence-corrected chi connectivity index (χ3v) is 4.10. The summed E-state index contributed by atoms with van der Waals surface area (Å²) in [6, 6.07) is 13.0. The van der Waals surface area contributed by atoms with Gasteiger partial charge in [0.1, 0.15) is 11.9 Å². The van der Waals surface area contributed by atoms with Crippen LogP contribution >= 0.6 is 0 Å². The zero-order valence-electron chi connectivity index (χ0n) is 12.4. The van der Waals surface area contributed by atoms with Gasteiger partial charge < -0.3 is 10.1 Å². The van der Waals surface area contributed by atoms with E-state index in [0.717, 1.165) is 24.4 Å². The van der Waals surface area contributed by atoms with Gasteiger partial charge >= 0.3 is 0 Å². The lowest BCUT2D eigenvalue weighted by molar-refractivity contribution is 0.210. The van der Waals surface area contributed by atoms with Crippen LogP contribution in [0.15, 0.2) is 36.4 Å². The molecule has 2 aromatic rings. The number of hydrogen-bond acceptors (Lipinski definition) is 2. The first kappa shape index (κ1) is 13.0. The number of rotatable bonds is 2. The van der Waals surface area contributed by atoms with Crippen molar-refractivity contribution in [3.05, 3.63) is 58.7 Å². The fourth-order valence-corrected chi connectivity index (χ4v) is 2.59. The SMILES string of the molecule is CCc1ccc2c(c1)NCC(c1ccc(C)c(C)c1)O2. The van der Waals surface area contributed by atoms with Crippen molar-refractivity contribution < 1.29 is 4.74 Å². The minimum atomic E-state index is 0.0919. The van der Waals surface area contributed by atoms with Crippen LogP contribution in [0.3, 0.4) is 0 Å². The van der Waals surface area contributed by atoms with E-state index >= 15 is 0 Å². The summed E-state index contributed by atoms with van der Waals surface area (Å²) in [7, 11) is 0. The molecule has 0 saturated heterocycles. The molecule has 2 aromatic carbocycles. The van der Waals surface area contributed by atoms with E-state index in [4.69, 9.17) is 4.74 Å². The minimum Gasteiger partial charge on any atom is -0.482 e. The standard InChI is InChI=1S/C18H21NO/c1-4-14-6-8-17-16(10-14)19-11-18(20-17)15-7-5-12(2)13(3)9-15/h5-10,18-19H,4,11H2,1-3H3. The van der Waals surface area contributed by atoms with Gasteiger partial charge in [0.15, 0.2) is 0 Å². The summed E-state index contributed by atoms with van der Waals surface area (Å²) in [6.07, 6.45) is 1.14. The number of aryl methyl sites for hydroxylation is 3. The van der Waals surface area contributed by atoms with Gasteiger partial charge in [0, 0.05) is 0 Å². The van der Waals surface area contributed by atoms with Crippen molar-refractivity contribution in [2.45, 2.75) is 33.3 Å². The number of anilines is 1. The van der Waals surface area contributed by atoms with E-state index < -0.39 is 0 Å². The number of hydrogen-bond donors (Lipinski definition) is 1. The molecule has 0 spiro atoms. The Morgan fingerprint density at radius 3 is 2.70 bits per heavy atom. The number of ether oxygens (including phenoxy) is 1. The number of benzene rings is 2. The first-order valence-corrected chi connectivity index (χ1v) is 7.28. The van der Waals surface area contributed by atoms with Crippen molar-refractivity contribution in [2.75, 3.05) is 11.9 Å². The molecule has 0 bridgehead atoms. The summed E-state index contributed by atoms with van der Waals surface area (Å²) in [5.74, 6) is 0.955. The molecule has 0 aromatic heterocycles. The zero-order chi connectivity index (χ0) is 14.1. The molecule has 0 radical (unpaired) electrons. The number of nitrogens with one attached hydrogen (secondary N) is 1. The van der Waals surface area contributed by atoms with Gasteiger partial charge in [-0.15, -0.1) is 0 Å². The lowest BCUT2D eigenvalue weighted by Crippen LogP contribution is -2.23. The van der Waals surface area contributed by atoms with Gasteiger partial charge in [-0.1, -0.05) is 31.2 Å². The van der Waals surface area contributed by atoms with Gasteiger partial charge in [0.05, 0.1) is 12.2 Å². The molecular weight excluding hydrogens is 246 g/mol. The molecule has 0 fully saturated rings. The topological polar surface area (TPSA) is 21.3 Å². The molecule has 3 rings (SSSR count). The van der Waals surface area contributed by atoms with Crippen LogP contribution in [0.1, 0.15) is 35.3 Å². The maximum Gasteiger partial charge on any atom is 0.143 e. The summed E-state index contributed by atoms with van der Waals surface area (Å²) in [5, 5.41) is 3.49. The smallest absolute Gasteiger partial charge is 0.143 e. The Balaban J connectivity index is 1.86. The van der Waals surface area contributed by atoms with Crippen molar-refractivity contribution in [3.63, 3.8) is 0 Å². The van der Waals surface area contributed by atoms with E-state index in [-0.39, 0.29) is 6.10 Å². The Kier molecular flexibility index (Phi) is 3.39. The van der Waals surface area contributed by atoms with Gasteiger partial charge in [-0.2, -0.15) is 0 Å². The summed E-state index contributed by atoms with van der Waals surface area (Å²) < 4.78 is 6.15. The molecule has 0 aliphatic carbocycles. The highest BCUT2D eigenvalue weighted by Gasteiger charge is 2.21. The summed E-state index contributed by atoms with van der Waals surface area (Å²) in [4.78, 5) is 0. The van der Waals surface area contributed by atoms with Crippen LogP contribution in [0.5, 0.6) is 5.75 Å². The molecule has 104 valence electrons. The van der Waals surface area contributed by atoms with E-state index in [9.17, 15) is 0 Å². The van der Waals surface area contributed by atoms with Gasteiger partial charge in [-0.3, -0.25) is 0 Å². The van der Waals surface area contributed by atoms with E-state index in [0.29, 0.717) is 0 Å². The highest BCUT2D eigenvalue weighted by molar-refractivity contribution is 5.60. The first-order valence-electron chi connectivity index (χ1n) is 7.28. The normalized spacial score (nSPS) is 17.1. The quantitative estimate of drug-likeness (QED) is 0.870. The number of fused-ring (bicyclic) bond motifs is 1. The average molecular weight is 267 g/mol. The lowest BCUT2D eigenvalue weighted by Gasteiger charge is -2.28. The summed E-state index contributed by atoms with van der Waals surface area (Å²) in [6.45, 7) is 7.28. The van der Waals surface area contributed by atoms with Crippen LogP contribution in [-0.4, -0.2) is 6.54 Å². The second-order valence-electron chi connectivity index (χ2n) is 5.52. The largest absolute Gasteiger partial charge is 0.482 e. The van der Waals surface area contributed by atoms with E-state index in [1.807, 2.05) is 0 Å². The van der Waals surface area contributed by atoms with E-state index in [1.54, 1.807) is 0 Å². The fourth-order valence-electron chi connectivity index (χ4n) is 2.59. The second kappa shape index (κ2) is 5.20. The molecule has 1 heterocycles. The van der Waals surface area contributed by atoms with E-state index in [2.05, 4.69) is 62.5 Å². The van der Waals surface area contributed by atoms with Crippen LogP contribution in [-0.2, 0) is 6.42 Å². The lowest BCUT2D eigenvalue weighted by atomic mass is 10.0. The Hall–Kier alpha value is -1.96. The third kappa shape index (κ3) is 2.38. The van der Waals surface area contributed by atoms with Crippen LogP contribution in [0.4, 0.5) is 5.69 Å². The van der Waals surface area contributed by atoms with Crippen LogP contribution < -0.4 is 10.1 Å². The highest BCUT2D eigenvalue weighted by atomic mass is 16.5. The van der Waals surface area contributed by atoms with Crippen molar-refractivity contribution in [2.24, 2.45) is 0 Å².